The number of carbonyl (C=O) groups is 1. The van der Waals surface area contributed by atoms with Crippen molar-refractivity contribution in [3.8, 4) is 0 Å². The first-order chi connectivity index (χ1) is 20.0. The molecule has 17 heteroatoms. The van der Waals surface area contributed by atoms with Gasteiger partial charge in [0, 0.05) is 11.6 Å². The number of alkyl halides is 6. The summed E-state index contributed by atoms with van der Waals surface area (Å²) in [5, 5.41) is 27.9. The van der Waals surface area contributed by atoms with Gasteiger partial charge in [-0.1, -0.05) is 36.7 Å². The number of aliphatic hydroxyl groups is 2. The first-order valence-electron chi connectivity index (χ1n) is 13.1. The Labute approximate surface area is 245 Å². The van der Waals surface area contributed by atoms with Gasteiger partial charge in [0.15, 0.2) is 11.9 Å². The number of nitrogens with zero attached hydrogens (tertiary/aromatic N) is 4. The molecule has 1 aliphatic heterocycles. The minimum absolute atomic E-state index is 0.0605. The fourth-order valence-corrected chi connectivity index (χ4v) is 4.83. The molecule has 1 fully saturated rings. The highest BCUT2D eigenvalue weighted by Crippen LogP contribution is 2.33. The number of amides is 1. The van der Waals surface area contributed by atoms with Gasteiger partial charge in [-0.05, 0) is 41.7 Å². The molecule has 0 saturated carbocycles. The number of hydrogen-bond donors (Lipinski definition) is 3. The Kier molecular flexibility index (Phi) is 9.63. The maximum Gasteiger partial charge on any atom is 0.416 e. The lowest BCUT2D eigenvalue weighted by molar-refractivity contribution is -0.207. The predicted molar refractivity (Wildman–Crippen MR) is 140 cm³/mol. The Balaban J connectivity index is 1.64. The van der Waals surface area contributed by atoms with Gasteiger partial charge < -0.3 is 19.8 Å². The fourth-order valence-electron chi connectivity index (χ4n) is 4.69. The summed E-state index contributed by atoms with van der Waals surface area (Å²) in [7, 11) is 0. The summed E-state index contributed by atoms with van der Waals surface area (Å²) in [5.74, 6) is -0.414. The van der Waals surface area contributed by atoms with Crippen molar-refractivity contribution in [3.05, 3.63) is 68.9 Å². The van der Waals surface area contributed by atoms with E-state index >= 15 is 0 Å². The van der Waals surface area contributed by atoms with Gasteiger partial charge in [0.1, 0.15) is 12.8 Å². The first kappa shape index (κ1) is 32.6. The van der Waals surface area contributed by atoms with Crippen molar-refractivity contribution >= 4 is 23.3 Å². The quantitative estimate of drug-likeness (QED) is 0.268. The third kappa shape index (κ3) is 7.79. The molecule has 1 amide bonds. The highest BCUT2D eigenvalue weighted by Gasteiger charge is 2.40. The van der Waals surface area contributed by atoms with Gasteiger partial charge >= 0.3 is 24.1 Å². The third-order valence-corrected chi connectivity index (χ3v) is 7.49. The second-order valence-electron chi connectivity index (χ2n) is 10.2. The molecule has 0 radical (unpaired) electrons. The lowest BCUT2D eigenvalue weighted by Gasteiger charge is -2.26. The summed E-state index contributed by atoms with van der Waals surface area (Å²) in [6, 6.07) is 3.13. The second kappa shape index (κ2) is 12.7. The van der Waals surface area contributed by atoms with Crippen LogP contribution in [0.3, 0.4) is 0 Å². The summed E-state index contributed by atoms with van der Waals surface area (Å²) < 4.78 is 85.9. The molecule has 4 atom stereocenters. The van der Waals surface area contributed by atoms with Crippen LogP contribution in [0.5, 0.6) is 0 Å². The molecule has 2 heterocycles. The molecule has 2 aliphatic rings. The van der Waals surface area contributed by atoms with Crippen LogP contribution < -0.4 is 11.0 Å². The normalized spacial score (nSPS) is 20.0. The van der Waals surface area contributed by atoms with Crippen LogP contribution in [0.2, 0.25) is 0 Å². The van der Waals surface area contributed by atoms with Gasteiger partial charge in [-0.3, -0.25) is 9.88 Å². The van der Waals surface area contributed by atoms with E-state index in [0.717, 1.165) is 18.2 Å². The van der Waals surface area contributed by atoms with Gasteiger partial charge in [0.2, 0.25) is 0 Å². The standard InChI is InChI=1S/C26H28ClF6N5O5/c1-14-9-16(5-6-18(14)27)22-35-38(23(41)37(22)12-20(39)26(31,32)33)13-21(40)34-19(11-36-7-8-43-24(36)42)15-3-2-4-17(10-15)25(28,29)30/h2-6,10,14,19-21,34,39-40H,7-9,11-13H2,1H3. The van der Waals surface area contributed by atoms with Crippen LogP contribution in [-0.4, -0.2) is 73.8 Å². The fraction of sp³-hybridized carbons (Fsp3) is 0.500. The second-order valence-corrected chi connectivity index (χ2v) is 10.7. The third-order valence-electron chi connectivity index (χ3n) is 6.99. The Hall–Kier alpha value is -3.34. The van der Waals surface area contributed by atoms with Crippen LogP contribution in [0.25, 0.3) is 5.57 Å². The van der Waals surface area contributed by atoms with E-state index in [-0.39, 0.29) is 43.4 Å². The number of halogens is 7. The van der Waals surface area contributed by atoms with E-state index in [0.29, 0.717) is 19.9 Å². The van der Waals surface area contributed by atoms with E-state index in [9.17, 15) is 46.1 Å². The van der Waals surface area contributed by atoms with Crippen LogP contribution in [0.1, 0.15) is 36.3 Å². The van der Waals surface area contributed by atoms with Crippen LogP contribution in [-0.2, 0) is 24.0 Å². The minimum Gasteiger partial charge on any atom is -0.448 e. The van der Waals surface area contributed by atoms with Crippen molar-refractivity contribution in [2.75, 3.05) is 19.7 Å². The molecule has 1 aliphatic carbocycles. The van der Waals surface area contributed by atoms with Crippen molar-refractivity contribution in [2.45, 2.75) is 57.2 Å². The average molecular weight is 640 g/mol. The molecule has 0 spiro atoms. The number of cyclic esters (lactones) is 1. The van der Waals surface area contributed by atoms with E-state index in [1.54, 1.807) is 6.92 Å². The van der Waals surface area contributed by atoms with Gasteiger partial charge in [-0.15, -0.1) is 5.10 Å². The molecule has 4 unspecified atom stereocenters. The number of benzene rings is 1. The van der Waals surface area contributed by atoms with Crippen molar-refractivity contribution in [2.24, 2.45) is 5.92 Å². The van der Waals surface area contributed by atoms with Gasteiger partial charge in [0.25, 0.3) is 0 Å². The van der Waals surface area contributed by atoms with E-state index < -0.39 is 61.2 Å². The number of allylic oxidation sites excluding steroid dienone is 4. The largest absolute Gasteiger partial charge is 0.448 e. The molecule has 0 bridgehead atoms. The van der Waals surface area contributed by atoms with Crippen molar-refractivity contribution in [1.29, 1.82) is 0 Å². The Morgan fingerprint density at radius 1 is 1.12 bits per heavy atom. The molecule has 236 valence electrons. The van der Waals surface area contributed by atoms with Crippen molar-refractivity contribution in [1.82, 2.24) is 24.6 Å². The molecular weight excluding hydrogens is 612 g/mol. The van der Waals surface area contributed by atoms with Crippen LogP contribution in [0.4, 0.5) is 31.1 Å². The lowest BCUT2D eigenvalue weighted by atomic mass is 9.95. The summed E-state index contributed by atoms with van der Waals surface area (Å²) >= 11 is 6.11. The molecule has 10 nitrogen and oxygen atoms in total. The lowest BCUT2D eigenvalue weighted by Crippen LogP contribution is -2.44. The zero-order chi connectivity index (χ0) is 31.7. The molecule has 1 aromatic heterocycles. The zero-order valence-electron chi connectivity index (χ0n) is 22.6. The van der Waals surface area contributed by atoms with Gasteiger partial charge in [-0.2, -0.15) is 26.3 Å². The topological polar surface area (TPSA) is 122 Å². The number of carbonyl (C=O) groups excluding carboxylic acids is 1. The van der Waals surface area contributed by atoms with E-state index in [2.05, 4.69) is 10.4 Å². The molecule has 43 heavy (non-hydrogen) atoms. The minimum atomic E-state index is -5.04. The molecule has 2 aromatic rings. The van der Waals surface area contributed by atoms with E-state index in [1.807, 2.05) is 0 Å². The van der Waals surface area contributed by atoms with Gasteiger partial charge in [-0.25, -0.2) is 14.3 Å². The summed E-state index contributed by atoms with van der Waals surface area (Å²) in [4.78, 5) is 26.4. The number of ether oxygens (including phenoxy) is 1. The first-order valence-corrected chi connectivity index (χ1v) is 13.4. The maximum atomic E-state index is 13.4. The van der Waals surface area contributed by atoms with Crippen LogP contribution in [0, 0.1) is 5.92 Å². The Bertz CT molecular complexity index is 1450. The molecule has 3 N–H and O–H groups in total. The maximum absolute atomic E-state index is 13.4. The highest BCUT2D eigenvalue weighted by atomic mass is 35.5. The average Bonchev–Trinajstić information content (AvgIpc) is 3.46. The van der Waals surface area contributed by atoms with E-state index in [1.165, 1.54) is 23.1 Å². The number of aromatic nitrogens is 3. The van der Waals surface area contributed by atoms with Crippen LogP contribution in [0.15, 0.2) is 46.2 Å². The van der Waals surface area contributed by atoms with Crippen LogP contribution >= 0.6 is 11.6 Å². The molecule has 1 saturated heterocycles. The number of rotatable bonds is 10. The van der Waals surface area contributed by atoms with Crippen molar-refractivity contribution < 1.29 is 46.1 Å². The monoisotopic (exact) mass is 639 g/mol. The van der Waals surface area contributed by atoms with Gasteiger partial charge in [0.05, 0.1) is 31.2 Å². The summed E-state index contributed by atoms with van der Waals surface area (Å²) in [6.07, 6.45) is -11.8. The molecular formula is C26H28ClF6N5O5. The zero-order valence-corrected chi connectivity index (χ0v) is 23.3. The number of nitrogens with one attached hydrogen (secondary N) is 1. The number of aliphatic hydroxyl groups excluding tert-OH is 2. The predicted octanol–water partition coefficient (Wildman–Crippen LogP) is 3.63. The highest BCUT2D eigenvalue weighted by molar-refractivity contribution is 6.30. The van der Waals surface area contributed by atoms with E-state index in [4.69, 9.17) is 16.3 Å². The summed E-state index contributed by atoms with van der Waals surface area (Å²) in [5.41, 5.74) is -1.63. The Morgan fingerprint density at radius 3 is 2.44 bits per heavy atom. The summed E-state index contributed by atoms with van der Waals surface area (Å²) in [6.45, 7) is -0.0542. The number of hydrogen-bond acceptors (Lipinski definition) is 7. The Morgan fingerprint density at radius 2 is 1.84 bits per heavy atom. The smallest absolute Gasteiger partial charge is 0.416 e. The van der Waals surface area contributed by atoms with Crippen molar-refractivity contribution in [3.63, 3.8) is 0 Å². The SMILES string of the molecule is CC1CC(c2nn(CC(O)NC(CN3CCOC3=O)c3cccc(C(F)(F)F)c3)c(=O)n2CC(O)C(F)(F)F)=CC=C1Cl. The molecule has 4 rings (SSSR count). The molecule has 1 aromatic carbocycles.